The third kappa shape index (κ3) is 13.4. The summed E-state index contributed by atoms with van der Waals surface area (Å²) in [5.74, 6) is -3.32. The van der Waals surface area contributed by atoms with Crippen LogP contribution in [0.25, 0.3) is 0 Å². The lowest BCUT2D eigenvalue weighted by Crippen LogP contribution is -2.63. The Balaban J connectivity index is 1.56. The van der Waals surface area contributed by atoms with E-state index in [9.17, 15) is 19.8 Å². The van der Waals surface area contributed by atoms with Gasteiger partial charge in [-0.3, -0.25) is 9.59 Å². The molecular weight excluding hydrogens is 689 g/mol. The molecule has 0 amide bonds. The van der Waals surface area contributed by atoms with E-state index >= 15 is 0 Å². The zero-order valence-corrected chi connectivity index (χ0v) is 35.5. The number of ketones is 2. The Bertz CT molecular complexity index is 1330. The van der Waals surface area contributed by atoms with Gasteiger partial charge in [-0.15, -0.1) is 0 Å². The molecule has 0 bridgehead atoms. The third-order valence-electron chi connectivity index (χ3n) is 12.1. The van der Waals surface area contributed by atoms with Gasteiger partial charge in [0.1, 0.15) is 11.2 Å². The van der Waals surface area contributed by atoms with Crippen molar-refractivity contribution in [2.45, 2.75) is 218 Å². The van der Waals surface area contributed by atoms with E-state index in [2.05, 4.69) is 26.0 Å². The van der Waals surface area contributed by atoms with E-state index in [0.29, 0.717) is 24.0 Å². The molecule has 2 N–H and O–H groups in total. The number of aromatic hydroxyl groups is 1. The van der Waals surface area contributed by atoms with E-state index in [4.69, 9.17) is 14.2 Å². The van der Waals surface area contributed by atoms with E-state index in [1.807, 2.05) is 0 Å². The van der Waals surface area contributed by atoms with Crippen LogP contribution in [0, 0.1) is 0 Å². The van der Waals surface area contributed by atoms with Gasteiger partial charge >= 0.3 is 0 Å². The summed E-state index contributed by atoms with van der Waals surface area (Å²) < 4.78 is 17.1. The Morgan fingerprint density at radius 2 is 1.11 bits per heavy atom. The number of aliphatic hydroxyl groups is 1. The number of rotatable bonds is 33. The first-order chi connectivity index (χ1) is 26.8. The van der Waals surface area contributed by atoms with Crippen LogP contribution >= 0.6 is 0 Å². The number of carbonyl (C=O) groups excluding carboxylic acids is 2. The number of ether oxygens (including phenoxy) is 3. The average molecular weight is 767 g/mol. The zero-order chi connectivity index (χ0) is 39.8. The molecule has 1 aromatic carbocycles. The van der Waals surface area contributed by atoms with Gasteiger partial charge in [0, 0.05) is 23.3 Å². The first kappa shape index (κ1) is 46.6. The maximum Gasteiger partial charge on any atom is 0.289 e. The van der Waals surface area contributed by atoms with Gasteiger partial charge in [-0.25, -0.2) is 0 Å². The van der Waals surface area contributed by atoms with Crippen molar-refractivity contribution in [2.75, 3.05) is 14.2 Å². The summed E-state index contributed by atoms with van der Waals surface area (Å²) in [5, 5.41) is 23.6. The number of phenols is 1. The summed E-state index contributed by atoms with van der Waals surface area (Å²) in [6, 6.07) is 1.51. The fourth-order valence-corrected chi connectivity index (χ4v) is 8.74. The number of phenolic OH excluding ortho intramolecular Hbond substituents is 1. The first-order valence-electron chi connectivity index (χ1n) is 22.7. The minimum atomic E-state index is -2.41. The molecule has 3 rings (SSSR count). The number of carbonyl (C=O) groups is 2. The van der Waals surface area contributed by atoms with E-state index in [1.165, 1.54) is 155 Å². The smallest absolute Gasteiger partial charge is 0.289 e. The molecule has 0 aromatic heterocycles. The summed E-state index contributed by atoms with van der Waals surface area (Å²) in [7, 11) is 2.84. The number of benzene rings is 1. The predicted octanol–water partition coefficient (Wildman–Crippen LogP) is 12.9. The summed E-state index contributed by atoms with van der Waals surface area (Å²) >= 11 is 0. The number of Topliss-reactive ketones (excluding diaryl/α,β-unsaturated/α-hetero) is 1. The van der Waals surface area contributed by atoms with Crippen LogP contribution in [0.5, 0.6) is 17.2 Å². The lowest BCUT2D eigenvalue weighted by Gasteiger charge is -2.41. The van der Waals surface area contributed by atoms with Crippen LogP contribution in [-0.4, -0.2) is 41.8 Å². The molecule has 0 saturated heterocycles. The highest BCUT2D eigenvalue weighted by molar-refractivity contribution is 6.18. The van der Waals surface area contributed by atoms with Crippen molar-refractivity contribution in [3.8, 4) is 17.2 Å². The van der Waals surface area contributed by atoms with Gasteiger partial charge in [0.05, 0.1) is 14.2 Å². The molecule has 55 heavy (non-hydrogen) atoms. The van der Waals surface area contributed by atoms with Crippen molar-refractivity contribution in [1.82, 2.24) is 0 Å². The van der Waals surface area contributed by atoms with E-state index in [1.54, 1.807) is 0 Å². The number of unbranched alkanes of at least 4 members (excludes halogenated alkanes) is 25. The number of hydrogen-bond donors (Lipinski definition) is 2. The zero-order valence-electron chi connectivity index (χ0n) is 35.5. The van der Waals surface area contributed by atoms with Gasteiger partial charge in [0.2, 0.25) is 11.6 Å². The van der Waals surface area contributed by atoms with Crippen molar-refractivity contribution >= 4 is 11.6 Å². The van der Waals surface area contributed by atoms with Gasteiger partial charge in [-0.2, -0.15) is 0 Å². The van der Waals surface area contributed by atoms with Crippen LogP contribution < -0.4 is 9.47 Å². The lowest BCUT2D eigenvalue weighted by molar-refractivity contribution is -0.190. The summed E-state index contributed by atoms with van der Waals surface area (Å²) in [5.41, 5.74) is -0.770. The van der Waals surface area contributed by atoms with Crippen molar-refractivity contribution in [3.63, 3.8) is 0 Å². The molecule has 7 heteroatoms. The molecule has 0 saturated carbocycles. The molecule has 2 aliphatic rings. The van der Waals surface area contributed by atoms with E-state index in [0.717, 1.165) is 44.6 Å². The Morgan fingerprint density at radius 1 is 0.636 bits per heavy atom. The molecule has 0 radical (unpaired) electrons. The minimum absolute atomic E-state index is 0.0554. The van der Waals surface area contributed by atoms with Gasteiger partial charge in [-0.05, 0) is 38.5 Å². The Hall–Kier alpha value is -2.80. The molecule has 0 fully saturated rings. The van der Waals surface area contributed by atoms with Crippen LogP contribution in [0.15, 0.2) is 30.1 Å². The van der Waals surface area contributed by atoms with Crippen LogP contribution in [0.2, 0.25) is 0 Å². The van der Waals surface area contributed by atoms with Crippen molar-refractivity contribution < 1.29 is 34.0 Å². The second-order valence-corrected chi connectivity index (χ2v) is 16.4. The standard InChI is InChI=1S/C48H78O7/c1-5-7-9-11-13-15-17-19-21-23-25-27-29-31-33-35-39-44-40(37-41(53-3)45(39)50)55-48(52)43(49)38-42(54-4)46(51)47(44,48)36-34-32-30-28-26-24-22-20-18-16-14-12-10-8-6-2/h12,14,37-38,50,52H,5-11,13,15-36H2,1-4H3. The maximum atomic E-state index is 14.4. The predicted molar refractivity (Wildman–Crippen MR) is 225 cm³/mol. The number of hydrogen-bond acceptors (Lipinski definition) is 7. The second kappa shape index (κ2) is 26.2. The van der Waals surface area contributed by atoms with Crippen LogP contribution in [0.1, 0.15) is 211 Å². The SMILES string of the molecule is CCCCC=CCCCCCCCCCCCC12C(=O)C(OC)=CC(=O)C1(O)Oc1cc(OC)c(O)c(CCCCCCCCCCCCCCCCC)c12. The first-order valence-corrected chi connectivity index (χ1v) is 22.7. The molecule has 1 aliphatic carbocycles. The van der Waals surface area contributed by atoms with E-state index in [-0.39, 0.29) is 29.4 Å². The molecule has 1 aromatic rings. The molecule has 2 unspecified atom stereocenters. The average Bonchev–Trinajstić information content (AvgIpc) is 3.45. The Morgan fingerprint density at radius 3 is 1.62 bits per heavy atom. The van der Waals surface area contributed by atoms with Crippen molar-refractivity contribution in [1.29, 1.82) is 0 Å². The molecule has 7 nitrogen and oxygen atoms in total. The van der Waals surface area contributed by atoms with Gasteiger partial charge in [-0.1, -0.05) is 180 Å². The lowest BCUT2D eigenvalue weighted by atomic mass is 9.62. The van der Waals surface area contributed by atoms with Crippen molar-refractivity contribution in [3.05, 3.63) is 41.2 Å². The fraction of sp³-hybridized carbons (Fsp3) is 0.750. The molecule has 2 atom stereocenters. The highest BCUT2D eigenvalue weighted by Gasteiger charge is 2.71. The van der Waals surface area contributed by atoms with Crippen LogP contribution in [0.3, 0.4) is 0 Å². The monoisotopic (exact) mass is 767 g/mol. The fourth-order valence-electron chi connectivity index (χ4n) is 8.74. The molecule has 1 heterocycles. The van der Waals surface area contributed by atoms with Crippen LogP contribution in [0.4, 0.5) is 0 Å². The largest absolute Gasteiger partial charge is 0.504 e. The molecule has 0 spiro atoms. The van der Waals surface area contributed by atoms with Crippen molar-refractivity contribution in [2.24, 2.45) is 0 Å². The van der Waals surface area contributed by atoms with Gasteiger partial charge < -0.3 is 24.4 Å². The molecular formula is C48H78O7. The number of fused-ring (bicyclic) bond motifs is 3. The van der Waals surface area contributed by atoms with Gasteiger partial charge in [0.25, 0.3) is 5.79 Å². The highest BCUT2D eigenvalue weighted by Crippen LogP contribution is 2.59. The van der Waals surface area contributed by atoms with Crippen LogP contribution in [-0.2, 0) is 26.2 Å². The molecule has 1 aliphatic heterocycles. The third-order valence-corrected chi connectivity index (χ3v) is 12.1. The Labute approximate surface area is 335 Å². The summed E-state index contributed by atoms with van der Waals surface area (Å²) in [4.78, 5) is 28.0. The summed E-state index contributed by atoms with van der Waals surface area (Å²) in [6.07, 6.45) is 39.9. The number of allylic oxidation sites excluding steroid dienone is 3. The quantitative estimate of drug-likeness (QED) is 0.0542. The second-order valence-electron chi connectivity index (χ2n) is 16.4. The maximum absolute atomic E-state index is 14.4. The Kier molecular flexibility index (Phi) is 22.2. The van der Waals surface area contributed by atoms with E-state index < -0.39 is 22.8 Å². The van der Waals surface area contributed by atoms with Gasteiger partial charge in [0.15, 0.2) is 17.3 Å². The number of methoxy groups -OCH3 is 2. The highest BCUT2D eigenvalue weighted by atomic mass is 16.6. The normalized spacial score (nSPS) is 19.1. The minimum Gasteiger partial charge on any atom is -0.504 e. The topological polar surface area (TPSA) is 102 Å². The summed E-state index contributed by atoms with van der Waals surface area (Å²) in [6.45, 7) is 4.50. The molecule has 312 valence electrons.